The fourth-order valence-electron chi connectivity index (χ4n) is 1.66. The van der Waals surface area contributed by atoms with E-state index in [2.05, 4.69) is 9.97 Å². The smallest absolute Gasteiger partial charge is 0.121 e. The third kappa shape index (κ3) is 2.03. The van der Waals surface area contributed by atoms with Gasteiger partial charge >= 0.3 is 0 Å². The number of nitrogens with one attached hydrogen (secondary N) is 1. The van der Waals surface area contributed by atoms with Gasteiger partial charge in [0.15, 0.2) is 0 Å². The molecule has 1 aromatic heterocycles. The van der Waals surface area contributed by atoms with E-state index in [1.807, 2.05) is 6.20 Å². The Morgan fingerprint density at radius 1 is 1.54 bits per heavy atom. The topological polar surface area (TPSA) is 37.9 Å². The molecule has 0 aliphatic carbocycles. The van der Waals surface area contributed by atoms with Gasteiger partial charge in [-0.05, 0) is 12.8 Å². The number of aromatic amines is 1. The molecule has 0 spiro atoms. The molecule has 0 bridgehead atoms. The summed E-state index contributed by atoms with van der Waals surface area (Å²) >= 11 is 5.66. The summed E-state index contributed by atoms with van der Waals surface area (Å²) in [7, 11) is 0. The summed E-state index contributed by atoms with van der Waals surface area (Å²) in [5.41, 5.74) is 1.21. The second kappa shape index (κ2) is 4.11. The first-order valence-electron chi connectivity index (χ1n) is 4.57. The van der Waals surface area contributed by atoms with Crippen LogP contribution in [0.15, 0.2) is 6.20 Å². The van der Waals surface area contributed by atoms with E-state index >= 15 is 0 Å². The number of H-pyrrole nitrogens is 1. The van der Waals surface area contributed by atoms with Crippen LogP contribution in [-0.4, -0.2) is 23.2 Å². The lowest BCUT2D eigenvalue weighted by molar-refractivity contribution is 0.0846. The van der Waals surface area contributed by atoms with Crippen molar-refractivity contribution in [3.8, 4) is 0 Å². The van der Waals surface area contributed by atoms with Crippen LogP contribution < -0.4 is 0 Å². The first-order valence-corrected chi connectivity index (χ1v) is 5.11. The molecule has 72 valence electrons. The van der Waals surface area contributed by atoms with Gasteiger partial charge in [0.05, 0.1) is 5.88 Å². The second-order valence-electron chi connectivity index (χ2n) is 3.31. The van der Waals surface area contributed by atoms with Crippen LogP contribution in [-0.2, 0) is 10.6 Å². The Morgan fingerprint density at radius 3 is 2.92 bits per heavy atom. The highest BCUT2D eigenvalue weighted by molar-refractivity contribution is 6.16. The lowest BCUT2D eigenvalue weighted by Gasteiger charge is -2.20. The number of alkyl halides is 1. The largest absolute Gasteiger partial charge is 0.381 e. The fraction of sp³-hybridized carbons (Fsp3) is 0.667. The summed E-state index contributed by atoms with van der Waals surface area (Å²) in [5.74, 6) is 1.91. The van der Waals surface area contributed by atoms with Crippen molar-refractivity contribution in [2.24, 2.45) is 0 Å². The number of ether oxygens (including phenoxy) is 1. The average molecular weight is 201 g/mol. The second-order valence-corrected chi connectivity index (χ2v) is 3.57. The minimum Gasteiger partial charge on any atom is -0.381 e. The van der Waals surface area contributed by atoms with Crippen molar-refractivity contribution in [1.82, 2.24) is 9.97 Å². The van der Waals surface area contributed by atoms with Gasteiger partial charge in [-0.15, -0.1) is 11.6 Å². The van der Waals surface area contributed by atoms with Crippen LogP contribution in [0, 0.1) is 0 Å². The third-order valence-corrected chi connectivity index (χ3v) is 2.69. The molecule has 0 saturated carbocycles. The molecule has 2 heterocycles. The fourth-order valence-corrected chi connectivity index (χ4v) is 1.80. The van der Waals surface area contributed by atoms with E-state index < -0.39 is 0 Å². The molecular formula is C9H13ClN2O. The average Bonchev–Trinajstić information content (AvgIpc) is 2.67. The minimum absolute atomic E-state index is 0.462. The summed E-state index contributed by atoms with van der Waals surface area (Å²) < 4.78 is 5.29. The predicted octanol–water partition coefficient (Wildman–Crippen LogP) is 2.04. The number of imidazole rings is 1. The molecule has 1 saturated heterocycles. The normalized spacial score (nSPS) is 19.2. The molecule has 0 unspecified atom stereocenters. The van der Waals surface area contributed by atoms with E-state index in [9.17, 15) is 0 Å². The van der Waals surface area contributed by atoms with Crippen molar-refractivity contribution in [2.75, 3.05) is 13.2 Å². The maximum absolute atomic E-state index is 5.66. The Hall–Kier alpha value is -0.540. The number of aromatic nitrogens is 2. The van der Waals surface area contributed by atoms with Gasteiger partial charge in [0, 0.05) is 31.0 Å². The summed E-state index contributed by atoms with van der Waals surface area (Å²) in [6, 6.07) is 0. The number of hydrogen-bond acceptors (Lipinski definition) is 2. The minimum atomic E-state index is 0.462. The van der Waals surface area contributed by atoms with E-state index in [-0.39, 0.29) is 0 Å². The van der Waals surface area contributed by atoms with Gasteiger partial charge in [0.1, 0.15) is 5.82 Å². The van der Waals surface area contributed by atoms with E-state index in [0.717, 1.165) is 31.9 Å². The molecule has 3 nitrogen and oxygen atoms in total. The van der Waals surface area contributed by atoms with Gasteiger partial charge in [-0.1, -0.05) is 0 Å². The third-order valence-electron chi connectivity index (χ3n) is 2.44. The SMILES string of the molecule is ClCc1ncc(C2CCOCC2)[nH]1. The van der Waals surface area contributed by atoms with Crippen molar-refractivity contribution in [1.29, 1.82) is 0 Å². The quantitative estimate of drug-likeness (QED) is 0.742. The number of nitrogens with zero attached hydrogens (tertiary/aromatic N) is 1. The molecule has 1 fully saturated rings. The van der Waals surface area contributed by atoms with E-state index in [4.69, 9.17) is 16.3 Å². The standard InChI is InChI=1S/C9H13ClN2O/c10-5-9-11-6-8(12-9)7-1-3-13-4-2-7/h6-7H,1-5H2,(H,11,12). The summed E-state index contributed by atoms with van der Waals surface area (Å²) in [6.45, 7) is 1.72. The zero-order valence-electron chi connectivity index (χ0n) is 7.42. The Morgan fingerprint density at radius 2 is 2.31 bits per heavy atom. The molecule has 4 heteroatoms. The highest BCUT2D eigenvalue weighted by Gasteiger charge is 2.17. The van der Waals surface area contributed by atoms with Crippen LogP contribution in [0.5, 0.6) is 0 Å². The van der Waals surface area contributed by atoms with Crippen LogP contribution in [0.4, 0.5) is 0 Å². The number of halogens is 1. The van der Waals surface area contributed by atoms with E-state index in [1.165, 1.54) is 5.69 Å². The van der Waals surface area contributed by atoms with Crippen molar-refractivity contribution < 1.29 is 4.74 Å². The lowest BCUT2D eigenvalue weighted by Crippen LogP contribution is -2.14. The van der Waals surface area contributed by atoms with Crippen LogP contribution in [0.25, 0.3) is 0 Å². The van der Waals surface area contributed by atoms with Gasteiger partial charge in [0.25, 0.3) is 0 Å². The molecule has 13 heavy (non-hydrogen) atoms. The van der Waals surface area contributed by atoms with E-state index in [0.29, 0.717) is 11.8 Å². The monoisotopic (exact) mass is 200 g/mol. The number of rotatable bonds is 2. The molecule has 1 aliphatic rings. The Kier molecular flexibility index (Phi) is 2.86. The summed E-state index contributed by atoms with van der Waals surface area (Å²) in [4.78, 5) is 7.42. The zero-order valence-corrected chi connectivity index (χ0v) is 8.18. The Balaban J connectivity index is 2.05. The molecule has 1 N–H and O–H groups in total. The van der Waals surface area contributed by atoms with Gasteiger partial charge < -0.3 is 9.72 Å². The molecule has 0 aromatic carbocycles. The van der Waals surface area contributed by atoms with Crippen molar-refractivity contribution in [3.05, 3.63) is 17.7 Å². The first-order chi connectivity index (χ1) is 6.40. The molecule has 2 rings (SSSR count). The molecule has 1 aliphatic heterocycles. The van der Waals surface area contributed by atoms with Crippen LogP contribution in [0.2, 0.25) is 0 Å². The van der Waals surface area contributed by atoms with Gasteiger partial charge in [-0.2, -0.15) is 0 Å². The highest BCUT2D eigenvalue weighted by Crippen LogP contribution is 2.25. The summed E-state index contributed by atoms with van der Waals surface area (Å²) in [5, 5.41) is 0. The lowest BCUT2D eigenvalue weighted by atomic mass is 9.97. The first kappa shape index (κ1) is 9.03. The van der Waals surface area contributed by atoms with Gasteiger partial charge in [0.2, 0.25) is 0 Å². The molecule has 0 atom stereocenters. The van der Waals surface area contributed by atoms with Crippen LogP contribution in [0.1, 0.15) is 30.3 Å². The predicted molar refractivity (Wildman–Crippen MR) is 50.9 cm³/mol. The maximum atomic E-state index is 5.66. The maximum Gasteiger partial charge on any atom is 0.121 e. The van der Waals surface area contributed by atoms with Crippen molar-refractivity contribution in [3.63, 3.8) is 0 Å². The Labute approximate surface area is 82.5 Å². The molecular weight excluding hydrogens is 188 g/mol. The number of hydrogen-bond donors (Lipinski definition) is 1. The summed E-state index contributed by atoms with van der Waals surface area (Å²) in [6.07, 6.45) is 4.07. The van der Waals surface area contributed by atoms with E-state index in [1.54, 1.807) is 0 Å². The zero-order chi connectivity index (χ0) is 9.10. The van der Waals surface area contributed by atoms with Crippen LogP contribution in [0.3, 0.4) is 0 Å². The molecule has 0 amide bonds. The Bertz CT molecular complexity index is 268. The highest BCUT2D eigenvalue weighted by atomic mass is 35.5. The molecule has 0 radical (unpaired) electrons. The van der Waals surface area contributed by atoms with Gasteiger partial charge in [-0.3, -0.25) is 0 Å². The van der Waals surface area contributed by atoms with Gasteiger partial charge in [-0.25, -0.2) is 4.98 Å². The molecule has 1 aromatic rings. The van der Waals surface area contributed by atoms with Crippen molar-refractivity contribution in [2.45, 2.75) is 24.6 Å². The van der Waals surface area contributed by atoms with Crippen molar-refractivity contribution >= 4 is 11.6 Å². The van der Waals surface area contributed by atoms with Crippen LogP contribution >= 0.6 is 11.6 Å².